The van der Waals surface area contributed by atoms with Crippen LogP contribution in [-0.2, 0) is 4.79 Å². The first kappa shape index (κ1) is 30.6. The van der Waals surface area contributed by atoms with Crippen LogP contribution in [0.3, 0.4) is 0 Å². The second-order valence-corrected chi connectivity index (χ2v) is 12.6. The number of benzene rings is 4. The Morgan fingerprint density at radius 2 is 1.47 bits per heavy atom. The van der Waals surface area contributed by atoms with Crippen LogP contribution in [0.5, 0.6) is 0 Å². The van der Waals surface area contributed by atoms with Gasteiger partial charge in [0, 0.05) is 66.6 Å². The number of halogens is 1. The van der Waals surface area contributed by atoms with Gasteiger partial charge in [0.15, 0.2) is 0 Å². The highest BCUT2D eigenvalue weighted by atomic mass is 35.5. The molecule has 1 aliphatic heterocycles. The molecular formula is C37H36ClN5OS. The first-order valence-electron chi connectivity index (χ1n) is 15.1. The molecule has 228 valence electrons. The van der Waals surface area contributed by atoms with Crippen molar-refractivity contribution in [1.29, 1.82) is 0 Å². The van der Waals surface area contributed by atoms with Crippen molar-refractivity contribution in [3.05, 3.63) is 130 Å². The summed E-state index contributed by atoms with van der Waals surface area (Å²) in [7, 11) is 4.06. The molecule has 0 bridgehead atoms. The van der Waals surface area contributed by atoms with Gasteiger partial charge < -0.3 is 9.80 Å². The van der Waals surface area contributed by atoms with E-state index in [4.69, 9.17) is 16.7 Å². The zero-order valence-electron chi connectivity index (χ0n) is 25.9. The number of nitrogens with zero attached hydrogens (tertiary/aromatic N) is 5. The lowest BCUT2D eigenvalue weighted by Crippen LogP contribution is -2.27. The smallest absolute Gasteiger partial charge is 0.266 e. The number of thioether (sulfide) groups is 1. The molecule has 1 unspecified atom stereocenters. The number of para-hydroxylation sites is 1. The molecule has 6 nitrogen and oxygen atoms in total. The first-order valence-corrected chi connectivity index (χ1v) is 16.4. The highest BCUT2D eigenvalue weighted by Crippen LogP contribution is 2.49. The Labute approximate surface area is 274 Å². The number of anilines is 3. The van der Waals surface area contributed by atoms with Crippen molar-refractivity contribution in [3.63, 3.8) is 0 Å². The second-order valence-electron chi connectivity index (χ2n) is 11.0. The molecule has 0 radical (unpaired) electrons. The zero-order valence-corrected chi connectivity index (χ0v) is 27.5. The lowest BCUT2D eigenvalue weighted by molar-refractivity contribution is -0.114. The summed E-state index contributed by atoms with van der Waals surface area (Å²) < 4.78 is 1.86. The van der Waals surface area contributed by atoms with Gasteiger partial charge in [-0.3, -0.25) is 9.69 Å². The maximum atomic E-state index is 14.3. The van der Waals surface area contributed by atoms with Crippen LogP contribution in [0.25, 0.3) is 23.0 Å². The third-order valence-electron chi connectivity index (χ3n) is 8.02. The van der Waals surface area contributed by atoms with Crippen molar-refractivity contribution in [3.8, 4) is 16.9 Å². The summed E-state index contributed by atoms with van der Waals surface area (Å²) in [5.74, 6) is -0.0354. The predicted molar refractivity (Wildman–Crippen MR) is 191 cm³/mol. The van der Waals surface area contributed by atoms with Gasteiger partial charge in [0.1, 0.15) is 5.37 Å². The largest absolute Gasteiger partial charge is 0.378 e. The van der Waals surface area contributed by atoms with E-state index in [-0.39, 0.29) is 11.3 Å². The molecule has 1 fully saturated rings. The summed E-state index contributed by atoms with van der Waals surface area (Å²) >= 11 is 7.79. The third kappa shape index (κ3) is 6.37. The van der Waals surface area contributed by atoms with Crippen LogP contribution in [0.1, 0.15) is 30.3 Å². The minimum absolute atomic E-state index is 0.0354. The number of hydrogen-bond acceptors (Lipinski definition) is 5. The molecule has 0 spiro atoms. The zero-order chi connectivity index (χ0) is 31.5. The van der Waals surface area contributed by atoms with E-state index in [1.165, 1.54) is 0 Å². The van der Waals surface area contributed by atoms with E-state index < -0.39 is 0 Å². The van der Waals surface area contributed by atoms with E-state index in [0.29, 0.717) is 9.93 Å². The molecule has 1 aromatic heterocycles. The number of aromatic nitrogens is 2. The molecule has 0 N–H and O–H groups in total. The Balaban J connectivity index is 1.44. The van der Waals surface area contributed by atoms with Gasteiger partial charge in [0.05, 0.1) is 16.3 Å². The van der Waals surface area contributed by atoms with Crippen molar-refractivity contribution < 1.29 is 4.79 Å². The summed E-state index contributed by atoms with van der Waals surface area (Å²) in [4.78, 5) is 21.3. The molecule has 1 aliphatic rings. The minimum Gasteiger partial charge on any atom is -0.378 e. The molecule has 8 heteroatoms. The summed E-state index contributed by atoms with van der Waals surface area (Å²) in [6.45, 7) is 6.16. The van der Waals surface area contributed by atoms with Gasteiger partial charge in [-0.15, -0.1) is 0 Å². The van der Waals surface area contributed by atoms with Crippen LogP contribution in [0.2, 0.25) is 5.02 Å². The Kier molecular flexibility index (Phi) is 9.01. The van der Waals surface area contributed by atoms with Crippen molar-refractivity contribution in [2.75, 3.05) is 41.9 Å². The minimum atomic E-state index is -0.220. The average Bonchev–Trinajstić information content (AvgIpc) is 3.64. The third-order valence-corrected chi connectivity index (χ3v) is 9.53. The number of rotatable bonds is 9. The fourth-order valence-electron chi connectivity index (χ4n) is 5.54. The monoisotopic (exact) mass is 633 g/mol. The van der Waals surface area contributed by atoms with Crippen LogP contribution >= 0.6 is 23.4 Å². The standard InChI is InChI=1S/C37H36ClN5OS/c1-5-41(6-2)31-20-22-33(23-21-31)43-36(44)34(45-37(43)27-14-18-30(19-15-27)40(3)4)24-28-25-42(32-10-8-7-9-11-32)39-35(28)26-12-16-29(38)17-13-26/h7-25,37H,5-6H2,1-4H3/b34-24-. The molecule has 1 saturated heterocycles. The topological polar surface area (TPSA) is 44.6 Å². The molecule has 45 heavy (non-hydrogen) atoms. The number of amides is 1. The molecule has 0 aliphatic carbocycles. The Bertz CT molecular complexity index is 1800. The number of carbonyl (C=O) groups is 1. The van der Waals surface area contributed by atoms with E-state index in [2.05, 4.69) is 72.2 Å². The molecule has 6 rings (SSSR count). The lowest BCUT2D eigenvalue weighted by Gasteiger charge is -2.26. The Morgan fingerprint density at radius 1 is 0.822 bits per heavy atom. The van der Waals surface area contributed by atoms with E-state index in [0.717, 1.165) is 58.2 Å². The molecule has 2 heterocycles. The Hall–Kier alpha value is -4.46. The van der Waals surface area contributed by atoms with E-state index >= 15 is 0 Å². The summed E-state index contributed by atoms with van der Waals surface area (Å²) in [6, 6.07) is 34.4. The molecule has 1 atom stereocenters. The van der Waals surface area contributed by atoms with Gasteiger partial charge in [-0.2, -0.15) is 5.10 Å². The Morgan fingerprint density at radius 3 is 2.09 bits per heavy atom. The van der Waals surface area contributed by atoms with Crippen LogP contribution in [0.15, 0.2) is 114 Å². The summed E-state index contributed by atoms with van der Waals surface area (Å²) in [5.41, 5.74) is 7.70. The second kappa shape index (κ2) is 13.3. The van der Waals surface area contributed by atoms with E-state index in [1.807, 2.05) is 90.5 Å². The van der Waals surface area contributed by atoms with Gasteiger partial charge >= 0.3 is 0 Å². The fraction of sp³-hybridized carbons (Fsp3) is 0.189. The summed E-state index contributed by atoms with van der Waals surface area (Å²) in [6.07, 6.45) is 3.97. The van der Waals surface area contributed by atoms with Crippen molar-refractivity contribution in [2.24, 2.45) is 0 Å². The molecule has 1 amide bonds. The number of carbonyl (C=O) groups excluding carboxylic acids is 1. The fourth-order valence-corrected chi connectivity index (χ4v) is 6.92. The predicted octanol–water partition coefficient (Wildman–Crippen LogP) is 8.92. The quantitative estimate of drug-likeness (QED) is 0.152. The average molecular weight is 634 g/mol. The van der Waals surface area contributed by atoms with Crippen molar-refractivity contribution in [1.82, 2.24) is 9.78 Å². The maximum Gasteiger partial charge on any atom is 0.266 e. The molecular weight excluding hydrogens is 598 g/mol. The molecule has 5 aromatic rings. The highest BCUT2D eigenvalue weighted by Gasteiger charge is 2.38. The normalized spacial score (nSPS) is 15.6. The van der Waals surface area contributed by atoms with Gasteiger partial charge in [0.25, 0.3) is 5.91 Å². The van der Waals surface area contributed by atoms with Gasteiger partial charge in [0.2, 0.25) is 0 Å². The van der Waals surface area contributed by atoms with Crippen LogP contribution in [0, 0.1) is 0 Å². The van der Waals surface area contributed by atoms with Gasteiger partial charge in [-0.1, -0.05) is 65.8 Å². The van der Waals surface area contributed by atoms with E-state index in [1.54, 1.807) is 11.8 Å². The maximum absolute atomic E-state index is 14.3. The highest BCUT2D eigenvalue weighted by molar-refractivity contribution is 8.05. The van der Waals surface area contributed by atoms with Gasteiger partial charge in [-0.25, -0.2) is 4.68 Å². The lowest BCUT2D eigenvalue weighted by atomic mass is 10.1. The van der Waals surface area contributed by atoms with Crippen molar-refractivity contribution in [2.45, 2.75) is 19.2 Å². The van der Waals surface area contributed by atoms with Gasteiger partial charge in [-0.05, 0) is 86.2 Å². The molecule has 0 saturated carbocycles. The van der Waals surface area contributed by atoms with Crippen LogP contribution < -0.4 is 14.7 Å². The summed E-state index contributed by atoms with van der Waals surface area (Å²) in [5, 5.41) is 5.40. The van der Waals surface area contributed by atoms with Crippen molar-refractivity contribution >= 4 is 52.4 Å². The SMILES string of the molecule is CCN(CC)c1ccc(N2C(=O)/C(=C/c3cn(-c4ccccc4)nc3-c3ccc(Cl)cc3)SC2c2ccc(N(C)C)cc2)cc1. The first-order chi connectivity index (χ1) is 21.9. The number of hydrogen-bond donors (Lipinski definition) is 0. The van der Waals surface area contributed by atoms with E-state index in [9.17, 15) is 4.79 Å². The van der Waals surface area contributed by atoms with Crippen LogP contribution in [0.4, 0.5) is 17.1 Å². The molecule has 4 aromatic carbocycles. The van der Waals surface area contributed by atoms with Crippen LogP contribution in [-0.4, -0.2) is 42.9 Å².